The molecule has 234 valence electrons. The number of rotatable bonds is 3. The second-order valence-electron chi connectivity index (χ2n) is 13.4. The van der Waals surface area contributed by atoms with Gasteiger partial charge in [-0.25, -0.2) is 0 Å². The Morgan fingerprint density at radius 2 is 1.10 bits per heavy atom. The van der Waals surface area contributed by atoms with Crippen molar-refractivity contribution in [3.8, 4) is 0 Å². The van der Waals surface area contributed by atoms with E-state index in [4.69, 9.17) is 8.83 Å². The first kappa shape index (κ1) is 26.3. The number of allylic oxidation sites excluding steroid dienone is 2. The molecule has 6 aromatic carbocycles. The van der Waals surface area contributed by atoms with Crippen molar-refractivity contribution in [2.75, 3.05) is 4.90 Å². The molecule has 5 heteroatoms. The first-order chi connectivity index (χ1) is 24.7. The number of anilines is 3. The normalized spacial score (nSPS) is 13.5. The lowest BCUT2D eigenvalue weighted by molar-refractivity contribution is 0.602. The summed E-state index contributed by atoms with van der Waals surface area (Å²) in [5.41, 5.74) is 13.8. The molecule has 0 spiro atoms. The largest absolute Gasteiger partial charge is 0.456 e. The SMILES string of the molecule is C=C1CC=Cc2oc3cc(N(c4ccc5c(c4)oc4ccccc45)c4ccc5c6c7ccccc7n7c8ccccc8n(c5c4)c67)ccc3c21. The zero-order chi connectivity index (χ0) is 32.7. The van der Waals surface area contributed by atoms with Gasteiger partial charge in [0, 0.05) is 67.1 Å². The van der Waals surface area contributed by atoms with Gasteiger partial charge in [-0.15, -0.1) is 0 Å². The summed E-state index contributed by atoms with van der Waals surface area (Å²) in [4.78, 5) is 2.32. The van der Waals surface area contributed by atoms with Crippen LogP contribution in [0, 0.1) is 0 Å². The summed E-state index contributed by atoms with van der Waals surface area (Å²) >= 11 is 0. The van der Waals surface area contributed by atoms with Gasteiger partial charge >= 0.3 is 0 Å². The summed E-state index contributed by atoms with van der Waals surface area (Å²) in [6.07, 6.45) is 5.02. The molecule has 0 saturated heterocycles. The van der Waals surface area contributed by atoms with Gasteiger partial charge in [-0.1, -0.05) is 67.3 Å². The van der Waals surface area contributed by atoms with E-state index in [1.807, 2.05) is 12.1 Å². The van der Waals surface area contributed by atoms with E-state index in [0.717, 1.165) is 73.3 Å². The molecule has 0 fully saturated rings. The van der Waals surface area contributed by atoms with Crippen molar-refractivity contribution in [1.82, 2.24) is 8.80 Å². The molecule has 5 nitrogen and oxygen atoms in total. The predicted octanol–water partition coefficient (Wildman–Crippen LogP) is 12.6. The number of imidazole rings is 1. The summed E-state index contributed by atoms with van der Waals surface area (Å²) < 4.78 is 17.7. The molecule has 5 aromatic heterocycles. The lowest BCUT2D eigenvalue weighted by Gasteiger charge is -2.25. The number of aromatic nitrogens is 2. The molecule has 1 aliphatic carbocycles. The second-order valence-corrected chi connectivity index (χ2v) is 13.4. The fourth-order valence-electron chi connectivity index (χ4n) is 8.64. The van der Waals surface area contributed by atoms with Crippen LogP contribution < -0.4 is 4.90 Å². The topological polar surface area (TPSA) is 38.3 Å². The Hall–Kier alpha value is -6.72. The van der Waals surface area contributed by atoms with Crippen molar-refractivity contribution in [2.24, 2.45) is 0 Å². The van der Waals surface area contributed by atoms with E-state index in [1.165, 1.54) is 43.9 Å². The Labute approximate surface area is 285 Å². The monoisotopic (exact) mass is 641 g/mol. The number of nitrogens with zero attached hydrogens (tertiary/aromatic N) is 3. The highest BCUT2D eigenvalue weighted by Gasteiger charge is 2.25. The van der Waals surface area contributed by atoms with E-state index >= 15 is 0 Å². The summed E-state index contributed by atoms with van der Waals surface area (Å²) in [6, 6.07) is 45.6. The van der Waals surface area contributed by atoms with Crippen molar-refractivity contribution in [3.05, 3.63) is 151 Å². The van der Waals surface area contributed by atoms with Gasteiger partial charge in [0.25, 0.3) is 0 Å². The Balaban J connectivity index is 1.15. The highest BCUT2D eigenvalue weighted by molar-refractivity contribution is 6.24. The fourth-order valence-corrected chi connectivity index (χ4v) is 8.64. The van der Waals surface area contributed by atoms with Crippen LogP contribution in [0.1, 0.15) is 17.7 Å². The summed E-state index contributed by atoms with van der Waals surface area (Å²) in [7, 11) is 0. The molecular formula is C45H27N3O2. The molecule has 0 radical (unpaired) electrons. The van der Waals surface area contributed by atoms with Crippen LogP contribution in [-0.4, -0.2) is 8.80 Å². The smallest absolute Gasteiger partial charge is 0.137 e. The molecule has 5 heterocycles. The Morgan fingerprint density at radius 1 is 0.520 bits per heavy atom. The van der Waals surface area contributed by atoms with Crippen molar-refractivity contribution >= 4 is 105 Å². The highest BCUT2D eigenvalue weighted by Crippen LogP contribution is 2.46. The average molecular weight is 642 g/mol. The van der Waals surface area contributed by atoms with Crippen LogP contribution >= 0.6 is 0 Å². The zero-order valence-corrected chi connectivity index (χ0v) is 26.9. The number of hydrogen-bond acceptors (Lipinski definition) is 3. The number of furan rings is 2. The number of para-hydroxylation sites is 4. The lowest BCUT2D eigenvalue weighted by Crippen LogP contribution is -2.10. The van der Waals surface area contributed by atoms with E-state index in [2.05, 4.69) is 148 Å². The first-order valence-electron chi connectivity index (χ1n) is 17.0. The number of fused-ring (bicyclic) bond motifs is 15. The van der Waals surface area contributed by atoms with Gasteiger partial charge in [0.15, 0.2) is 0 Å². The molecule has 0 saturated carbocycles. The minimum Gasteiger partial charge on any atom is -0.456 e. The molecule has 1 aliphatic rings. The predicted molar refractivity (Wildman–Crippen MR) is 206 cm³/mol. The molecule has 50 heavy (non-hydrogen) atoms. The molecule has 0 atom stereocenters. The maximum absolute atomic E-state index is 6.46. The van der Waals surface area contributed by atoms with E-state index in [0.29, 0.717) is 0 Å². The van der Waals surface area contributed by atoms with E-state index in [-0.39, 0.29) is 0 Å². The molecular weight excluding hydrogens is 615 g/mol. The van der Waals surface area contributed by atoms with Crippen molar-refractivity contribution in [1.29, 1.82) is 0 Å². The maximum atomic E-state index is 6.46. The maximum Gasteiger partial charge on any atom is 0.137 e. The van der Waals surface area contributed by atoms with E-state index in [9.17, 15) is 0 Å². The van der Waals surface area contributed by atoms with Gasteiger partial charge in [-0.2, -0.15) is 0 Å². The molecule has 0 bridgehead atoms. The van der Waals surface area contributed by atoms with Gasteiger partial charge < -0.3 is 13.7 Å². The minimum absolute atomic E-state index is 0.835. The molecule has 11 aromatic rings. The minimum atomic E-state index is 0.835. The number of benzene rings is 6. The van der Waals surface area contributed by atoms with Crippen LogP contribution in [-0.2, 0) is 0 Å². The fraction of sp³-hybridized carbons (Fsp3) is 0.0222. The van der Waals surface area contributed by atoms with Crippen LogP contribution in [0.15, 0.2) is 149 Å². The standard InChI is InChI=1S/C45H27N3O2/c1-26-9-8-16-40-43(26)34-22-19-29(25-42(34)50-40)46(28-17-20-31-30-10-3-7-15-39(30)49-41(31)24-28)27-18-21-33-38(23-27)48-37-14-6-5-13-36(37)47-35-12-4-2-11-32(35)44(33)45(47)48/h2-8,10-25H,1,9H2. The van der Waals surface area contributed by atoms with Gasteiger partial charge in [0.1, 0.15) is 28.2 Å². The molecule has 0 aliphatic heterocycles. The Morgan fingerprint density at radius 3 is 1.90 bits per heavy atom. The van der Waals surface area contributed by atoms with Crippen LogP contribution in [0.4, 0.5) is 17.1 Å². The van der Waals surface area contributed by atoms with Gasteiger partial charge in [-0.05, 0) is 78.7 Å². The first-order valence-corrected chi connectivity index (χ1v) is 17.0. The Kier molecular flexibility index (Phi) is 4.86. The summed E-state index contributed by atoms with van der Waals surface area (Å²) in [5.74, 6) is 0.874. The van der Waals surface area contributed by atoms with E-state index in [1.54, 1.807) is 0 Å². The van der Waals surface area contributed by atoms with Gasteiger partial charge in [-0.3, -0.25) is 8.80 Å². The second kappa shape index (κ2) is 9.24. The summed E-state index contributed by atoms with van der Waals surface area (Å²) in [6.45, 7) is 4.34. The molecule has 0 amide bonds. The third-order valence-corrected chi connectivity index (χ3v) is 10.7. The zero-order valence-electron chi connectivity index (χ0n) is 26.9. The van der Waals surface area contributed by atoms with Crippen molar-refractivity contribution in [2.45, 2.75) is 6.42 Å². The van der Waals surface area contributed by atoms with Crippen LogP contribution in [0.25, 0.3) is 88.4 Å². The van der Waals surface area contributed by atoms with Crippen molar-refractivity contribution < 1.29 is 8.83 Å². The van der Waals surface area contributed by atoms with Crippen LogP contribution in [0.3, 0.4) is 0 Å². The van der Waals surface area contributed by atoms with Crippen molar-refractivity contribution in [3.63, 3.8) is 0 Å². The average Bonchev–Trinajstić information content (AvgIpc) is 3.94. The lowest BCUT2D eigenvalue weighted by atomic mass is 9.96. The molecule has 0 unspecified atom stereocenters. The Bertz CT molecular complexity index is 3270. The summed E-state index contributed by atoms with van der Waals surface area (Å²) in [5, 5.41) is 7.10. The van der Waals surface area contributed by atoms with Gasteiger partial charge in [0.05, 0.1) is 22.1 Å². The third-order valence-electron chi connectivity index (χ3n) is 10.7. The molecule has 0 N–H and O–H groups in total. The van der Waals surface area contributed by atoms with E-state index < -0.39 is 0 Å². The molecule has 12 rings (SSSR count). The van der Waals surface area contributed by atoms with Crippen LogP contribution in [0.2, 0.25) is 0 Å². The highest BCUT2D eigenvalue weighted by atomic mass is 16.3. The third kappa shape index (κ3) is 3.26. The van der Waals surface area contributed by atoms with Crippen LogP contribution in [0.5, 0.6) is 0 Å². The number of hydrogen-bond donors (Lipinski definition) is 0. The quantitative estimate of drug-likeness (QED) is 0.193. The van der Waals surface area contributed by atoms with Gasteiger partial charge in [0.2, 0.25) is 0 Å².